The molecule has 0 radical (unpaired) electrons. The highest BCUT2D eigenvalue weighted by Gasteiger charge is 2.31. The van der Waals surface area contributed by atoms with Crippen LogP contribution in [0.2, 0.25) is 0 Å². The maximum absolute atomic E-state index is 12.1. The minimum absolute atomic E-state index is 0.154. The second-order valence-electron chi connectivity index (χ2n) is 4.59. The predicted molar refractivity (Wildman–Crippen MR) is 69.2 cm³/mol. The molecule has 0 aliphatic carbocycles. The zero-order valence-corrected chi connectivity index (χ0v) is 11.3. The quantitative estimate of drug-likeness (QED) is 0.814. The highest BCUT2D eigenvalue weighted by atomic mass is 19.4. The summed E-state index contributed by atoms with van der Waals surface area (Å²) in [5, 5.41) is 3.34. The number of aryl methyl sites for hydroxylation is 1. The molecule has 1 N–H and O–H groups in total. The van der Waals surface area contributed by atoms with Crippen LogP contribution in [0.15, 0.2) is 24.3 Å². The van der Waals surface area contributed by atoms with E-state index >= 15 is 0 Å². The second kappa shape index (κ2) is 7.38. The molecule has 0 aliphatic heterocycles. The molecule has 0 bridgehead atoms. The number of alkyl halides is 3. The first kappa shape index (κ1) is 15.8. The van der Waals surface area contributed by atoms with Gasteiger partial charge in [-0.15, -0.1) is 13.2 Å². The van der Waals surface area contributed by atoms with Crippen LogP contribution in [0, 0.1) is 0 Å². The van der Waals surface area contributed by atoms with Gasteiger partial charge in [-0.2, -0.15) is 0 Å². The topological polar surface area (TPSA) is 21.3 Å². The molecule has 0 saturated carbocycles. The number of hydrogen-bond acceptors (Lipinski definition) is 2. The van der Waals surface area contributed by atoms with E-state index in [1.165, 1.54) is 12.1 Å². The van der Waals surface area contributed by atoms with Gasteiger partial charge in [0.2, 0.25) is 0 Å². The van der Waals surface area contributed by atoms with Crippen molar-refractivity contribution < 1.29 is 17.9 Å². The Labute approximate surface area is 112 Å². The molecule has 1 atom stereocenters. The van der Waals surface area contributed by atoms with E-state index in [0.717, 1.165) is 31.4 Å². The number of rotatable bonds is 7. The van der Waals surface area contributed by atoms with Crippen LogP contribution in [0.1, 0.15) is 32.3 Å². The van der Waals surface area contributed by atoms with Crippen molar-refractivity contribution in [1.82, 2.24) is 5.32 Å². The Balaban J connectivity index is 2.48. The first-order valence-electron chi connectivity index (χ1n) is 6.49. The zero-order chi connectivity index (χ0) is 14.3. The summed E-state index contributed by atoms with van der Waals surface area (Å²) in [6.45, 7) is 5.13. The summed E-state index contributed by atoms with van der Waals surface area (Å²) in [7, 11) is 0. The van der Waals surface area contributed by atoms with E-state index in [0.29, 0.717) is 6.04 Å². The summed E-state index contributed by atoms with van der Waals surface area (Å²) in [4.78, 5) is 0. The first-order valence-corrected chi connectivity index (χ1v) is 6.49. The molecule has 0 aliphatic rings. The third-order valence-corrected chi connectivity index (χ3v) is 2.74. The van der Waals surface area contributed by atoms with Crippen molar-refractivity contribution in [2.24, 2.45) is 0 Å². The summed E-state index contributed by atoms with van der Waals surface area (Å²) in [6, 6.07) is 6.51. The summed E-state index contributed by atoms with van der Waals surface area (Å²) in [5.74, 6) is -0.154. The number of ether oxygens (including phenoxy) is 1. The van der Waals surface area contributed by atoms with Crippen LogP contribution in [-0.2, 0) is 6.42 Å². The van der Waals surface area contributed by atoms with Crippen LogP contribution in [0.4, 0.5) is 13.2 Å². The third-order valence-electron chi connectivity index (χ3n) is 2.74. The van der Waals surface area contributed by atoms with E-state index in [-0.39, 0.29) is 5.75 Å². The average molecular weight is 275 g/mol. The van der Waals surface area contributed by atoms with Gasteiger partial charge in [-0.25, -0.2) is 0 Å². The van der Waals surface area contributed by atoms with Crippen LogP contribution in [0.5, 0.6) is 5.75 Å². The molecule has 1 aromatic carbocycles. The van der Waals surface area contributed by atoms with Crippen molar-refractivity contribution in [2.75, 3.05) is 6.54 Å². The molecule has 0 amide bonds. The van der Waals surface area contributed by atoms with Gasteiger partial charge in [0.15, 0.2) is 0 Å². The monoisotopic (exact) mass is 275 g/mol. The highest BCUT2D eigenvalue weighted by Crippen LogP contribution is 2.23. The van der Waals surface area contributed by atoms with Crippen LogP contribution in [-0.4, -0.2) is 18.9 Å². The smallest absolute Gasteiger partial charge is 0.406 e. The summed E-state index contributed by atoms with van der Waals surface area (Å²) >= 11 is 0. The summed E-state index contributed by atoms with van der Waals surface area (Å²) in [6.07, 6.45) is -1.95. The van der Waals surface area contributed by atoms with Crippen molar-refractivity contribution >= 4 is 0 Å². The Bertz CT molecular complexity index is 379. The fourth-order valence-electron chi connectivity index (χ4n) is 1.77. The molecular weight excluding hydrogens is 255 g/mol. The van der Waals surface area contributed by atoms with E-state index in [1.807, 2.05) is 6.07 Å². The maximum Gasteiger partial charge on any atom is 0.573 e. The van der Waals surface area contributed by atoms with E-state index in [2.05, 4.69) is 23.9 Å². The van der Waals surface area contributed by atoms with Crippen LogP contribution in [0.3, 0.4) is 0 Å². The van der Waals surface area contributed by atoms with E-state index < -0.39 is 6.36 Å². The fourth-order valence-corrected chi connectivity index (χ4v) is 1.77. The molecule has 0 saturated heterocycles. The molecule has 0 fully saturated rings. The Morgan fingerprint density at radius 2 is 2.05 bits per heavy atom. The zero-order valence-electron chi connectivity index (χ0n) is 11.3. The predicted octanol–water partition coefficient (Wildman–Crippen LogP) is 3.91. The first-order chi connectivity index (χ1) is 8.90. The highest BCUT2D eigenvalue weighted by molar-refractivity contribution is 5.28. The molecule has 1 aromatic rings. The number of hydrogen-bond donors (Lipinski definition) is 1. The van der Waals surface area contributed by atoms with Crippen molar-refractivity contribution in [3.8, 4) is 5.75 Å². The lowest BCUT2D eigenvalue weighted by Crippen LogP contribution is -2.27. The molecule has 1 unspecified atom stereocenters. The van der Waals surface area contributed by atoms with Gasteiger partial charge in [0.05, 0.1) is 0 Å². The standard InChI is InChI=1S/C14H20F3NO/c1-3-9-18-11(2)7-8-12-5-4-6-13(10-12)19-14(15,16)17/h4-6,10-11,18H,3,7-9H2,1-2H3. The molecule has 5 heteroatoms. The largest absolute Gasteiger partial charge is 0.573 e. The Morgan fingerprint density at radius 3 is 2.68 bits per heavy atom. The third kappa shape index (κ3) is 7.06. The van der Waals surface area contributed by atoms with Crippen molar-refractivity contribution in [3.05, 3.63) is 29.8 Å². The summed E-state index contributed by atoms with van der Waals surface area (Å²) in [5.41, 5.74) is 0.854. The molecule has 0 aromatic heterocycles. The lowest BCUT2D eigenvalue weighted by molar-refractivity contribution is -0.274. The van der Waals surface area contributed by atoms with Crippen molar-refractivity contribution in [3.63, 3.8) is 0 Å². The minimum atomic E-state index is -4.63. The summed E-state index contributed by atoms with van der Waals surface area (Å²) < 4.78 is 40.2. The average Bonchev–Trinajstić information content (AvgIpc) is 2.32. The van der Waals surface area contributed by atoms with Gasteiger partial charge in [-0.05, 0) is 50.4 Å². The van der Waals surface area contributed by atoms with Gasteiger partial charge in [-0.1, -0.05) is 19.1 Å². The van der Waals surface area contributed by atoms with Gasteiger partial charge >= 0.3 is 6.36 Å². The molecular formula is C14H20F3NO. The fraction of sp³-hybridized carbons (Fsp3) is 0.571. The molecule has 1 rings (SSSR count). The number of halogens is 3. The van der Waals surface area contributed by atoms with Crippen molar-refractivity contribution in [1.29, 1.82) is 0 Å². The van der Waals surface area contributed by atoms with Gasteiger partial charge < -0.3 is 10.1 Å². The van der Waals surface area contributed by atoms with Gasteiger partial charge in [-0.3, -0.25) is 0 Å². The van der Waals surface area contributed by atoms with Gasteiger partial charge in [0, 0.05) is 6.04 Å². The van der Waals surface area contributed by atoms with E-state index in [4.69, 9.17) is 0 Å². The minimum Gasteiger partial charge on any atom is -0.406 e. The van der Waals surface area contributed by atoms with E-state index in [9.17, 15) is 13.2 Å². The van der Waals surface area contributed by atoms with Crippen LogP contribution < -0.4 is 10.1 Å². The maximum atomic E-state index is 12.1. The lowest BCUT2D eigenvalue weighted by atomic mass is 10.1. The Morgan fingerprint density at radius 1 is 1.32 bits per heavy atom. The molecule has 2 nitrogen and oxygen atoms in total. The molecule has 19 heavy (non-hydrogen) atoms. The Kier molecular flexibility index (Phi) is 6.15. The van der Waals surface area contributed by atoms with Crippen molar-refractivity contribution in [2.45, 2.75) is 45.5 Å². The molecule has 0 spiro atoms. The second-order valence-corrected chi connectivity index (χ2v) is 4.59. The SMILES string of the molecule is CCCNC(C)CCc1cccc(OC(F)(F)F)c1. The van der Waals surface area contributed by atoms with Crippen LogP contribution in [0.25, 0.3) is 0 Å². The normalized spacial score (nSPS) is 13.3. The number of benzene rings is 1. The molecule has 0 heterocycles. The van der Waals surface area contributed by atoms with E-state index in [1.54, 1.807) is 6.07 Å². The van der Waals surface area contributed by atoms with Gasteiger partial charge in [0.25, 0.3) is 0 Å². The Hall–Kier alpha value is -1.23. The van der Waals surface area contributed by atoms with Gasteiger partial charge in [0.1, 0.15) is 5.75 Å². The lowest BCUT2D eigenvalue weighted by Gasteiger charge is -2.14. The van der Waals surface area contributed by atoms with Crippen LogP contribution >= 0.6 is 0 Å². The number of nitrogens with one attached hydrogen (secondary N) is 1. The molecule has 108 valence electrons.